The third kappa shape index (κ3) is 3.52. The normalized spacial score (nSPS) is 10.0. The van der Waals surface area contributed by atoms with E-state index in [1.807, 2.05) is 6.92 Å². The van der Waals surface area contributed by atoms with Crippen LogP contribution in [0.3, 0.4) is 0 Å². The van der Waals surface area contributed by atoms with Crippen LogP contribution < -0.4 is 10.1 Å². The molecule has 1 N–H and O–H groups in total. The third-order valence-electron chi connectivity index (χ3n) is 1.91. The Labute approximate surface area is 98.1 Å². The smallest absolute Gasteiger partial charge is 0.372 e. The van der Waals surface area contributed by atoms with Crippen molar-refractivity contribution in [1.29, 1.82) is 0 Å². The van der Waals surface area contributed by atoms with E-state index in [9.17, 15) is 10.1 Å². The van der Waals surface area contributed by atoms with Gasteiger partial charge in [-0.25, -0.2) is 4.98 Å². The minimum Gasteiger partial charge on any atom is -0.476 e. The van der Waals surface area contributed by atoms with Crippen molar-refractivity contribution in [3.05, 3.63) is 16.4 Å². The Balaban J connectivity index is 2.79. The Morgan fingerprint density at radius 1 is 1.53 bits per heavy atom. The number of rotatable bonds is 7. The van der Waals surface area contributed by atoms with Crippen LogP contribution >= 0.6 is 0 Å². The monoisotopic (exact) mass is 242 g/mol. The maximum Gasteiger partial charge on any atom is 0.372 e. The molecular formula is C9H14N4O4. The highest BCUT2D eigenvalue weighted by Crippen LogP contribution is 2.29. The molecule has 0 amide bonds. The summed E-state index contributed by atoms with van der Waals surface area (Å²) >= 11 is 0. The molecule has 0 saturated carbocycles. The van der Waals surface area contributed by atoms with E-state index in [2.05, 4.69) is 15.3 Å². The number of nitrogens with zero attached hydrogens (tertiary/aromatic N) is 3. The standard InChI is InChI=1S/C9H14N4O4/c1-3-17-5-4-10-8-7(13(14)15)9(16-2)12-6-11-8/h6H,3-5H2,1-2H3,(H,10,11,12). The topological polar surface area (TPSA) is 99.4 Å². The van der Waals surface area contributed by atoms with Crippen LogP contribution in [0.2, 0.25) is 0 Å². The van der Waals surface area contributed by atoms with Gasteiger partial charge in [0.25, 0.3) is 5.88 Å². The van der Waals surface area contributed by atoms with E-state index in [1.54, 1.807) is 0 Å². The summed E-state index contributed by atoms with van der Waals surface area (Å²) < 4.78 is 9.92. The largest absolute Gasteiger partial charge is 0.476 e. The molecular weight excluding hydrogens is 228 g/mol. The summed E-state index contributed by atoms with van der Waals surface area (Å²) in [6.45, 7) is 3.34. The lowest BCUT2D eigenvalue weighted by Gasteiger charge is -2.07. The van der Waals surface area contributed by atoms with E-state index in [0.29, 0.717) is 19.8 Å². The highest BCUT2D eigenvalue weighted by atomic mass is 16.6. The summed E-state index contributed by atoms with van der Waals surface area (Å²) in [6.07, 6.45) is 1.20. The Hall–Kier alpha value is -1.96. The van der Waals surface area contributed by atoms with Crippen LogP contribution in [0.4, 0.5) is 11.5 Å². The molecule has 8 nitrogen and oxygen atoms in total. The molecule has 0 radical (unpaired) electrons. The number of hydrogen-bond acceptors (Lipinski definition) is 7. The predicted octanol–water partition coefficient (Wildman–Crippen LogP) is 0.842. The van der Waals surface area contributed by atoms with Crippen LogP contribution in [0, 0.1) is 10.1 Å². The lowest BCUT2D eigenvalue weighted by Crippen LogP contribution is -2.12. The van der Waals surface area contributed by atoms with Crippen molar-refractivity contribution >= 4 is 11.5 Å². The van der Waals surface area contributed by atoms with Gasteiger partial charge in [0.15, 0.2) is 0 Å². The van der Waals surface area contributed by atoms with Gasteiger partial charge in [-0.1, -0.05) is 0 Å². The van der Waals surface area contributed by atoms with Gasteiger partial charge in [0, 0.05) is 13.2 Å². The molecule has 0 spiro atoms. The van der Waals surface area contributed by atoms with Crippen molar-refractivity contribution in [2.75, 3.05) is 32.2 Å². The van der Waals surface area contributed by atoms with Crippen molar-refractivity contribution in [1.82, 2.24) is 9.97 Å². The molecule has 0 aliphatic carbocycles. The summed E-state index contributed by atoms with van der Waals surface area (Å²) in [5, 5.41) is 13.7. The van der Waals surface area contributed by atoms with E-state index in [4.69, 9.17) is 9.47 Å². The van der Waals surface area contributed by atoms with Crippen molar-refractivity contribution < 1.29 is 14.4 Å². The average molecular weight is 242 g/mol. The minimum atomic E-state index is -0.582. The minimum absolute atomic E-state index is 0.0658. The van der Waals surface area contributed by atoms with E-state index in [0.717, 1.165) is 0 Å². The number of nitro groups is 1. The summed E-state index contributed by atoms with van der Waals surface area (Å²) in [7, 11) is 1.32. The molecule has 0 aliphatic rings. The van der Waals surface area contributed by atoms with E-state index >= 15 is 0 Å². The molecule has 0 fully saturated rings. The van der Waals surface area contributed by atoms with Crippen molar-refractivity contribution in [2.24, 2.45) is 0 Å². The number of ether oxygens (including phenoxy) is 2. The number of methoxy groups -OCH3 is 1. The third-order valence-corrected chi connectivity index (χ3v) is 1.91. The maximum atomic E-state index is 10.9. The first-order valence-electron chi connectivity index (χ1n) is 5.05. The number of hydrogen-bond donors (Lipinski definition) is 1. The zero-order valence-electron chi connectivity index (χ0n) is 9.67. The van der Waals surface area contributed by atoms with Crippen molar-refractivity contribution in [3.8, 4) is 5.88 Å². The van der Waals surface area contributed by atoms with Crippen LogP contribution in [0.1, 0.15) is 6.92 Å². The Kier molecular flexibility index (Phi) is 5.08. The zero-order chi connectivity index (χ0) is 12.7. The van der Waals surface area contributed by atoms with Gasteiger partial charge >= 0.3 is 5.69 Å². The van der Waals surface area contributed by atoms with Gasteiger partial charge in [-0.05, 0) is 6.92 Å². The van der Waals surface area contributed by atoms with E-state index in [-0.39, 0.29) is 17.4 Å². The highest BCUT2D eigenvalue weighted by molar-refractivity contribution is 5.60. The second-order valence-electron chi connectivity index (χ2n) is 2.96. The van der Waals surface area contributed by atoms with Crippen LogP contribution in [0.25, 0.3) is 0 Å². The highest BCUT2D eigenvalue weighted by Gasteiger charge is 2.23. The van der Waals surface area contributed by atoms with Crippen LogP contribution in [-0.4, -0.2) is 41.8 Å². The van der Waals surface area contributed by atoms with Crippen molar-refractivity contribution in [2.45, 2.75) is 6.92 Å². The molecule has 0 aromatic carbocycles. The van der Waals surface area contributed by atoms with E-state index in [1.165, 1.54) is 13.4 Å². The van der Waals surface area contributed by atoms with Crippen LogP contribution in [0.5, 0.6) is 5.88 Å². The summed E-state index contributed by atoms with van der Waals surface area (Å²) in [5.41, 5.74) is -0.272. The Bertz CT molecular complexity index is 385. The first kappa shape index (κ1) is 13.1. The summed E-state index contributed by atoms with van der Waals surface area (Å²) in [4.78, 5) is 17.8. The first-order valence-corrected chi connectivity index (χ1v) is 5.05. The molecule has 8 heteroatoms. The molecule has 0 bridgehead atoms. The lowest BCUT2D eigenvalue weighted by atomic mass is 10.4. The Morgan fingerprint density at radius 3 is 2.88 bits per heavy atom. The number of nitrogens with one attached hydrogen (secondary N) is 1. The van der Waals surface area contributed by atoms with Gasteiger partial charge in [0.05, 0.1) is 18.6 Å². The average Bonchev–Trinajstić information content (AvgIpc) is 2.33. The van der Waals surface area contributed by atoms with Gasteiger partial charge in [-0.15, -0.1) is 0 Å². The van der Waals surface area contributed by atoms with Gasteiger partial charge in [-0.2, -0.15) is 4.98 Å². The van der Waals surface area contributed by atoms with Gasteiger partial charge in [0.1, 0.15) is 6.33 Å². The molecule has 94 valence electrons. The summed E-state index contributed by atoms with van der Waals surface area (Å²) in [5.74, 6) is 0.0606. The van der Waals surface area contributed by atoms with Gasteiger partial charge < -0.3 is 14.8 Å². The molecule has 0 unspecified atom stereocenters. The number of aromatic nitrogens is 2. The molecule has 0 aliphatic heterocycles. The fourth-order valence-corrected chi connectivity index (χ4v) is 1.19. The van der Waals surface area contributed by atoms with Gasteiger partial charge in [0.2, 0.25) is 5.82 Å². The molecule has 17 heavy (non-hydrogen) atoms. The molecule has 1 aromatic rings. The van der Waals surface area contributed by atoms with Crippen LogP contribution in [-0.2, 0) is 4.74 Å². The van der Waals surface area contributed by atoms with Crippen molar-refractivity contribution in [3.63, 3.8) is 0 Å². The molecule has 1 rings (SSSR count). The number of anilines is 1. The lowest BCUT2D eigenvalue weighted by molar-refractivity contribution is -0.385. The fourth-order valence-electron chi connectivity index (χ4n) is 1.19. The zero-order valence-corrected chi connectivity index (χ0v) is 9.67. The molecule has 0 atom stereocenters. The fraction of sp³-hybridized carbons (Fsp3) is 0.556. The summed E-state index contributed by atoms with van der Waals surface area (Å²) in [6, 6.07) is 0. The molecule has 0 saturated heterocycles. The molecule has 1 heterocycles. The van der Waals surface area contributed by atoms with Gasteiger partial charge in [-0.3, -0.25) is 10.1 Å². The SMILES string of the molecule is CCOCCNc1ncnc(OC)c1[N+](=O)[O-]. The van der Waals surface area contributed by atoms with E-state index < -0.39 is 4.92 Å². The quantitative estimate of drug-likeness (QED) is 0.429. The molecule has 1 aromatic heterocycles. The Morgan fingerprint density at radius 2 is 2.29 bits per heavy atom. The van der Waals surface area contributed by atoms with Crippen LogP contribution in [0.15, 0.2) is 6.33 Å². The first-order chi connectivity index (χ1) is 8.20. The predicted molar refractivity (Wildman–Crippen MR) is 60.2 cm³/mol. The second kappa shape index (κ2) is 6.59. The second-order valence-corrected chi connectivity index (χ2v) is 2.96. The maximum absolute atomic E-state index is 10.9.